The Morgan fingerprint density at radius 3 is 2.82 bits per heavy atom. The molecule has 0 bridgehead atoms. The van der Waals surface area contributed by atoms with Gasteiger partial charge in [-0.3, -0.25) is 0 Å². The minimum atomic E-state index is 0.536. The number of hydrogen-bond acceptors (Lipinski definition) is 2. The van der Waals surface area contributed by atoms with Crippen molar-refractivity contribution in [2.75, 3.05) is 20.1 Å². The van der Waals surface area contributed by atoms with Crippen molar-refractivity contribution in [2.45, 2.75) is 18.8 Å². The van der Waals surface area contributed by atoms with E-state index in [-0.39, 0.29) is 0 Å². The Morgan fingerprint density at radius 2 is 2.06 bits per heavy atom. The smallest absolute Gasteiger partial charge is 0.155 e. The summed E-state index contributed by atoms with van der Waals surface area (Å²) in [5.74, 6) is 1.66. The van der Waals surface area contributed by atoms with Crippen LogP contribution in [-0.2, 0) is 0 Å². The summed E-state index contributed by atoms with van der Waals surface area (Å²) in [6.45, 7) is 2.29. The number of hydrogen-bond donors (Lipinski definition) is 0. The highest BCUT2D eigenvalue weighted by Gasteiger charge is 2.23. The van der Waals surface area contributed by atoms with Gasteiger partial charge in [0.1, 0.15) is 5.82 Å². The number of imidazole rings is 1. The van der Waals surface area contributed by atoms with E-state index in [0.29, 0.717) is 11.1 Å². The van der Waals surface area contributed by atoms with Crippen LogP contribution in [0.15, 0.2) is 24.4 Å². The van der Waals surface area contributed by atoms with Crippen molar-refractivity contribution < 1.29 is 0 Å². The van der Waals surface area contributed by atoms with Crippen molar-refractivity contribution in [1.29, 1.82) is 0 Å². The van der Waals surface area contributed by atoms with E-state index in [9.17, 15) is 0 Å². The first-order chi connectivity index (χ1) is 8.25. The predicted octanol–water partition coefficient (Wildman–Crippen LogP) is 2.80. The van der Waals surface area contributed by atoms with Crippen molar-refractivity contribution in [2.24, 2.45) is 0 Å². The molecule has 1 saturated heterocycles. The van der Waals surface area contributed by atoms with Crippen LogP contribution in [0, 0.1) is 0 Å². The monoisotopic (exact) mass is 249 g/mol. The summed E-state index contributed by atoms with van der Waals surface area (Å²) in [4.78, 5) is 6.92. The fourth-order valence-corrected chi connectivity index (χ4v) is 2.82. The van der Waals surface area contributed by atoms with Crippen LogP contribution >= 0.6 is 11.6 Å². The molecule has 3 heterocycles. The Balaban J connectivity index is 2.00. The zero-order valence-electron chi connectivity index (χ0n) is 9.93. The van der Waals surface area contributed by atoms with Gasteiger partial charge in [0.05, 0.1) is 5.52 Å². The minimum absolute atomic E-state index is 0.536. The Bertz CT molecular complexity index is 526. The quantitative estimate of drug-likeness (QED) is 0.775. The molecule has 1 aliphatic heterocycles. The van der Waals surface area contributed by atoms with Gasteiger partial charge in [-0.2, -0.15) is 0 Å². The lowest BCUT2D eigenvalue weighted by Gasteiger charge is -2.28. The lowest BCUT2D eigenvalue weighted by atomic mass is 9.96. The van der Waals surface area contributed by atoms with E-state index < -0.39 is 0 Å². The molecule has 0 amide bonds. The number of nitrogens with zero attached hydrogens (tertiary/aromatic N) is 3. The zero-order valence-corrected chi connectivity index (χ0v) is 10.7. The maximum absolute atomic E-state index is 6.18. The molecular formula is C13H16ClN3. The third-order valence-electron chi connectivity index (χ3n) is 3.61. The molecule has 2 aromatic heterocycles. The highest BCUT2D eigenvalue weighted by molar-refractivity contribution is 6.32. The van der Waals surface area contributed by atoms with Crippen molar-refractivity contribution in [1.82, 2.24) is 14.3 Å². The van der Waals surface area contributed by atoms with Gasteiger partial charge in [-0.1, -0.05) is 17.7 Å². The molecule has 3 nitrogen and oxygen atoms in total. The summed E-state index contributed by atoms with van der Waals surface area (Å²) in [7, 11) is 2.17. The van der Waals surface area contributed by atoms with Crippen LogP contribution in [0.3, 0.4) is 0 Å². The highest BCUT2D eigenvalue weighted by atomic mass is 35.5. The maximum atomic E-state index is 6.18. The average molecular weight is 250 g/mol. The lowest BCUT2D eigenvalue weighted by Crippen LogP contribution is -2.29. The third-order valence-corrected chi connectivity index (χ3v) is 3.89. The first-order valence-corrected chi connectivity index (χ1v) is 6.44. The second-order valence-electron chi connectivity index (χ2n) is 4.79. The van der Waals surface area contributed by atoms with Crippen molar-refractivity contribution in [3.8, 4) is 0 Å². The number of fused-ring (bicyclic) bond motifs is 1. The summed E-state index contributed by atoms with van der Waals surface area (Å²) in [5, 5.41) is 0.625. The molecule has 0 aliphatic carbocycles. The molecule has 2 aromatic rings. The molecule has 17 heavy (non-hydrogen) atoms. The number of rotatable bonds is 1. The molecule has 1 fully saturated rings. The number of aromatic nitrogens is 2. The highest BCUT2D eigenvalue weighted by Crippen LogP contribution is 2.29. The van der Waals surface area contributed by atoms with Crippen molar-refractivity contribution >= 4 is 17.1 Å². The molecule has 1 aliphatic rings. The number of pyridine rings is 1. The van der Waals surface area contributed by atoms with Crippen LogP contribution in [-0.4, -0.2) is 34.4 Å². The summed E-state index contributed by atoms with van der Waals surface area (Å²) >= 11 is 6.18. The first-order valence-electron chi connectivity index (χ1n) is 6.07. The van der Waals surface area contributed by atoms with Gasteiger partial charge >= 0.3 is 0 Å². The van der Waals surface area contributed by atoms with E-state index in [4.69, 9.17) is 11.6 Å². The van der Waals surface area contributed by atoms with Crippen LogP contribution in [0.1, 0.15) is 24.6 Å². The summed E-state index contributed by atoms with van der Waals surface area (Å²) in [5.41, 5.74) is 1.02. The molecule has 0 radical (unpaired) electrons. The van der Waals surface area contributed by atoms with Gasteiger partial charge in [0.2, 0.25) is 0 Å². The number of halogens is 1. The molecule has 4 heteroatoms. The van der Waals surface area contributed by atoms with E-state index >= 15 is 0 Å². The molecule has 0 saturated carbocycles. The van der Waals surface area contributed by atoms with Crippen molar-refractivity contribution in [3.63, 3.8) is 0 Å². The van der Waals surface area contributed by atoms with Gasteiger partial charge in [0.25, 0.3) is 0 Å². The van der Waals surface area contributed by atoms with Gasteiger partial charge < -0.3 is 9.30 Å². The summed E-state index contributed by atoms with van der Waals surface area (Å²) < 4.78 is 2.14. The van der Waals surface area contributed by atoms with Crippen molar-refractivity contribution in [3.05, 3.63) is 35.4 Å². The largest absolute Gasteiger partial charge is 0.306 e. The van der Waals surface area contributed by atoms with E-state index in [1.165, 1.54) is 12.8 Å². The maximum Gasteiger partial charge on any atom is 0.155 e. The van der Waals surface area contributed by atoms with Gasteiger partial charge in [0.15, 0.2) is 5.15 Å². The average Bonchev–Trinajstić information content (AvgIpc) is 2.69. The number of piperidine rings is 1. The van der Waals surface area contributed by atoms with Gasteiger partial charge in [-0.15, -0.1) is 0 Å². The molecule has 90 valence electrons. The van der Waals surface area contributed by atoms with Crippen LogP contribution in [0.2, 0.25) is 5.15 Å². The molecule has 0 aromatic carbocycles. The lowest BCUT2D eigenvalue weighted by molar-refractivity contribution is 0.251. The fourth-order valence-electron chi connectivity index (χ4n) is 2.58. The first kappa shape index (κ1) is 11.1. The predicted molar refractivity (Wildman–Crippen MR) is 69.7 cm³/mol. The Labute approximate surface area is 106 Å². The summed E-state index contributed by atoms with van der Waals surface area (Å²) in [6, 6.07) is 6.05. The minimum Gasteiger partial charge on any atom is -0.306 e. The second kappa shape index (κ2) is 4.31. The van der Waals surface area contributed by atoms with Crippen LogP contribution in [0.5, 0.6) is 0 Å². The molecule has 3 rings (SSSR count). The second-order valence-corrected chi connectivity index (χ2v) is 5.15. The van der Waals surface area contributed by atoms with Gasteiger partial charge in [0, 0.05) is 12.1 Å². The molecule has 0 N–H and O–H groups in total. The van der Waals surface area contributed by atoms with Crippen LogP contribution in [0.25, 0.3) is 5.52 Å². The fraction of sp³-hybridized carbons (Fsp3) is 0.462. The topological polar surface area (TPSA) is 20.5 Å². The number of likely N-dealkylation sites (tertiary alicyclic amines) is 1. The Morgan fingerprint density at radius 1 is 1.29 bits per heavy atom. The van der Waals surface area contributed by atoms with E-state index in [2.05, 4.69) is 27.5 Å². The molecule has 0 unspecified atom stereocenters. The van der Waals surface area contributed by atoms with E-state index in [1.807, 2.05) is 18.2 Å². The zero-order chi connectivity index (χ0) is 11.8. The SMILES string of the molecule is CN1CCC(c2nc(Cl)c3ccccn23)CC1. The Hall–Kier alpha value is -1.06. The van der Waals surface area contributed by atoms with Gasteiger partial charge in [-0.25, -0.2) is 4.98 Å². The van der Waals surface area contributed by atoms with E-state index in [1.54, 1.807) is 0 Å². The molecule has 0 spiro atoms. The molecule has 0 atom stereocenters. The normalized spacial score (nSPS) is 18.9. The Kier molecular flexibility index (Phi) is 2.81. The van der Waals surface area contributed by atoms with Crippen LogP contribution in [0.4, 0.5) is 0 Å². The summed E-state index contributed by atoms with van der Waals surface area (Å²) in [6.07, 6.45) is 4.39. The standard InChI is InChI=1S/C13H16ClN3/c1-16-8-5-10(6-9-16)13-15-12(14)11-4-2-3-7-17(11)13/h2-4,7,10H,5-6,8-9H2,1H3. The molecular weight excluding hydrogens is 234 g/mol. The van der Waals surface area contributed by atoms with Crippen LogP contribution < -0.4 is 0 Å². The third kappa shape index (κ3) is 1.94. The van der Waals surface area contributed by atoms with E-state index in [0.717, 1.165) is 24.4 Å². The van der Waals surface area contributed by atoms with Gasteiger partial charge in [-0.05, 0) is 45.1 Å².